The van der Waals surface area contributed by atoms with Crippen LogP contribution < -0.4 is 5.32 Å². The Morgan fingerprint density at radius 3 is 2.69 bits per heavy atom. The van der Waals surface area contributed by atoms with Crippen LogP contribution >= 0.6 is 58.2 Å². The van der Waals surface area contributed by atoms with Crippen LogP contribution in [0.15, 0.2) is 41.6 Å². The predicted octanol–water partition coefficient (Wildman–Crippen LogP) is 5.82. The Labute approximate surface area is 173 Å². The summed E-state index contributed by atoms with van der Waals surface area (Å²) in [5, 5.41) is 11.6. The molecule has 0 saturated carbocycles. The van der Waals surface area contributed by atoms with Crippen molar-refractivity contribution in [3.63, 3.8) is 0 Å². The predicted molar refractivity (Wildman–Crippen MR) is 108 cm³/mol. The lowest BCUT2D eigenvalue weighted by molar-refractivity contribution is -0.113. The number of rotatable bonds is 5. The molecule has 26 heavy (non-hydrogen) atoms. The van der Waals surface area contributed by atoms with E-state index in [-0.39, 0.29) is 11.7 Å². The zero-order valence-corrected chi connectivity index (χ0v) is 16.7. The van der Waals surface area contributed by atoms with Crippen molar-refractivity contribution in [3.8, 4) is 11.4 Å². The van der Waals surface area contributed by atoms with Crippen LogP contribution in [0.25, 0.3) is 11.4 Å². The van der Waals surface area contributed by atoms with Crippen LogP contribution in [-0.2, 0) is 4.79 Å². The second-order valence-electron chi connectivity index (χ2n) is 5.03. The van der Waals surface area contributed by atoms with Crippen molar-refractivity contribution in [1.82, 2.24) is 15.2 Å². The highest BCUT2D eigenvalue weighted by Crippen LogP contribution is 2.30. The Morgan fingerprint density at radius 1 is 1.12 bits per heavy atom. The molecule has 134 valence electrons. The monoisotopic (exact) mass is 446 g/mol. The number of carbonyl (C=O) groups is 1. The number of carbonyl (C=O) groups excluding carboxylic acids is 1. The molecule has 5 nitrogen and oxygen atoms in total. The Bertz CT molecular complexity index is 963. The van der Waals surface area contributed by atoms with Crippen molar-refractivity contribution in [2.75, 3.05) is 11.1 Å². The number of hydrogen-bond acceptors (Lipinski definition) is 4. The fourth-order valence-corrected chi connectivity index (χ4v) is 3.47. The molecule has 0 aliphatic rings. The van der Waals surface area contributed by atoms with E-state index in [1.54, 1.807) is 36.4 Å². The zero-order valence-electron chi connectivity index (χ0n) is 12.9. The van der Waals surface area contributed by atoms with E-state index in [2.05, 4.69) is 20.5 Å². The molecule has 0 aliphatic carbocycles. The summed E-state index contributed by atoms with van der Waals surface area (Å²) in [4.78, 5) is 16.4. The molecule has 0 bridgehead atoms. The van der Waals surface area contributed by atoms with E-state index >= 15 is 0 Å². The summed E-state index contributed by atoms with van der Waals surface area (Å²) in [7, 11) is 0. The molecule has 1 aromatic heterocycles. The molecule has 0 radical (unpaired) electrons. The topological polar surface area (TPSA) is 70.7 Å². The summed E-state index contributed by atoms with van der Waals surface area (Å²) in [5.74, 6) is 0.344. The number of anilines is 1. The van der Waals surface area contributed by atoms with Crippen molar-refractivity contribution in [2.45, 2.75) is 5.16 Å². The maximum atomic E-state index is 12.1. The molecule has 0 spiro atoms. The van der Waals surface area contributed by atoms with Gasteiger partial charge in [-0.2, -0.15) is 0 Å². The third kappa shape index (κ3) is 4.64. The van der Waals surface area contributed by atoms with Gasteiger partial charge < -0.3 is 5.32 Å². The number of aromatic amines is 1. The van der Waals surface area contributed by atoms with Gasteiger partial charge in [0, 0.05) is 10.6 Å². The summed E-state index contributed by atoms with van der Waals surface area (Å²) in [6.07, 6.45) is 0. The van der Waals surface area contributed by atoms with Gasteiger partial charge in [-0.1, -0.05) is 64.2 Å². The van der Waals surface area contributed by atoms with Gasteiger partial charge in [0.25, 0.3) is 0 Å². The van der Waals surface area contributed by atoms with Gasteiger partial charge in [0.15, 0.2) is 5.82 Å². The van der Waals surface area contributed by atoms with Gasteiger partial charge in [-0.05, 0) is 30.3 Å². The van der Waals surface area contributed by atoms with E-state index in [9.17, 15) is 4.79 Å². The van der Waals surface area contributed by atoms with Crippen molar-refractivity contribution < 1.29 is 4.79 Å². The minimum absolute atomic E-state index is 0.106. The lowest BCUT2D eigenvalue weighted by Crippen LogP contribution is -2.14. The molecule has 0 atom stereocenters. The average molecular weight is 448 g/mol. The molecule has 1 heterocycles. The highest BCUT2D eigenvalue weighted by molar-refractivity contribution is 7.99. The van der Waals surface area contributed by atoms with E-state index in [1.165, 1.54) is 11.8 Å². The molecule has 0 saturated heterocycles. The summed E-state index contributed by atoms with van der Waals surface area (Å²) in [6.45, 7) is 0. The maximum absolute atomic E-state index is 12.1. The van der Waals surface area contributed by atoms with Crippen LogP contribution in [0, 0.1) is 0 Å². The first-order chi connectivity index (χ1) is 12.4. The van der Waals surface area contributed by atoms with E-state index in [1.807, 2.05) is 0 Å². The number of amides is 1. The maximum Gasteiger partial charge on any atom is 0.234 e. The van der Waals surface area contributed by atoms with Crippen molar-refractivity contribution in [2.24, 2.45) is 0 Å². The minimum Gasteiger partial charge on any atom is -0.324 e. The average Bonchev–Trinajstić information content (AvgIpc) is 3.06. The Hall–Kier alpha value is -1.44. The summed E-state index contributed by atoms with van der Waals surface area (Å²) >= 11 is 25.2. The van der Waals surface area contributed by atoms with Gasteiger partial charge in [-0.3, -0.25) is 9.89 Å². The first-order valence-electron chi connectivity index (χ1n) is 7.18. The molecule has 0 aliphatic heterocycles. The quantitative estimate of drug-likeness (QED) is 0.483. The highest BCUT2D eigenvalue weighted by Gasteiger charge is 2.13. The first kappa shape index (κ1) is 19.3. The lowest BCUT2D eigenvalue weighted by atomic mass is 10.2. The molecule has 3 rings (SSSR count). The van der Waals surface area contributed by atoms with Crippen molar-refractivity contribution in [3.05, 3.63) is 56.5 Å². The first-order valence-corrected chi connectivity index (χ1v) is 9.68. The number of thioether (sulfide) groups is 1. The normalized spacial score (nSPS) is 10.8. The zero-order chi connectivity index (χ0) is 18.7. The van der Waals surface area contributed by atoms with Crippen LogP contribution in [0.5, 0.6) is 0 Å². The van der Waals surface area contributed by atoms with E-state index < -0.39 is 0 Å². The molecule has 0 unspecified atom stereocenters. The van der Waals surface area contributed by atoms with Gasteiger partial charge >= 0.3 is 0 Å². The Balaban J connectivity index is 1.63. The van der Waals surface area contributed by atoms with Crippen LogP contribution in [0.4, 0.5) is 5.69 Å². The number of aromatic nitrogens is 3. The molecule has 0 fully saturated rings. The standard InChI is InChI=1S/C16H10Cl4N4OS/c17-8-4-5-9(11(19)6-8)15-22-16(24-23-15)26-7-13(25)21-12-3-1-2-10(18)14(12)20/h1-6H,7H2,(H,21,25)(H,22,23,24). The van der Waals surface area contributed by atoms with Crippen LogP contribution in [-0.4, -0.2) is 26.8 Å². The Morgan fingerprint density at radius 2 is 1.92 bits per heavy atom. The van der Waals surface area contributed by atoms with Gasteiger partial charge in [0.2, 0.25) is 11.1 Å². The van der Waals surface area contributed by atoms with Crippen LogP contribution in [0.3, 0.4) is 0 Å². The molecular formula is C16H10Cl4N4OS. The second kappa shape index (κ2) is 8.50. The smallest absolute Gasteiger partial charge is 0.234 e. The summed E-state index contributed by atoms with van der Waals surface area (Å²) in [5.41, 5.74) is 1.12. The molecule has 3 aromatic rings. The van der Waals surface area contributed by atoms with Gasteiger partial charge in [0.05, 0.1) is 26.5 Å². The fourth-order valence-electron chi connectivity index (χ4n) is 2.03. The van der Waals surface area contributed by atoms with E-state index in [0.717, 1.165) is 0 Å². The van der Waals surface area contributed by atoms with Gasteiger partial charge in [-0.25, -0.2) is 4.98 Å². The minimum atomic E-state index is -0.255. The van der Waals surface area contributed by atoms with Crippen LogP contribution in [0.1, 0.15) is 0 Å². The summed E-state index contributed by atoms with van der Waals surface area (Å²) in [6, 6.07) is 10.1. The van der Waals surface area contributed by atoms with Crippen LogP contribution in [0.2, 0.25) is 20.1 Å². The number of benzene rings is 2. The Kier molecular flexibility index (Phi) is 6.32. The SMILES string of the molecule is O=C(CSc1n[nH]c(-c2ccc(Cl)cc2Cl)n1)Nc1cccc(Cl)c1Cl. The number of halogens is 4. The van der Waals surface area contributed by atoms with Gasteiger partial charge in [0.1, 0.15) is 0 Å². The van der Waals surface area contributed by atoms with Crippen molar-refractivity contribution >= 4 is 69.8 Å². The lowest BCUT2D eigenvalue weighted by Gasteiger charge is -2.07. The fraction of sp³-hybridized carbons (Fsp3) is 0.0625. The molecule has 2 N–H and O–H groups in total. The largest absolute Gasteiger partial charge is 0.324 e. The van der Waals surface area contributed by atoms with E-state index in [0.29, 0.717) is 42.3 Å². The number of nitrogens with one attached hydrogen (secondary N) is 2. The van der Waals surface area contributed by atoms with Gasteiger partial charge in [-0.15, -0.1) is 5.10 Å². The molecule has 2 aromatic carbocycles. The third-order valence-corrected chi connectivity index (χ3v) is 5.42. The number of nitrogens with zero attached hydrogens (tertiary/aromatic N) is 2. The molecule has 10 heteroatoms. The summed E-state index contributed by atoms with van der Waals surface area (Å²) < 4.78 is 0. The number of hydrogen-bond donors (Lipinski definition) is 2. The van der Waals surface area contributed by atoms with E-state index in [4.69, 9.17) is 46.4 Å². The third-order valence-electron chi connectivity index (χ3n) is 3.21. The van der Waals surface area contributed by atoms with Crippen molar-refractivity contribution in [1.29, 1.82) is 0 Å². The molecular weight excluding hydrogens is 438 g/mol. The molecule has 1 amide bonds. The highest BCUT2D eigenvalue weighted by atomic mass is 35.5. The number of H-pyrrole nitrogens is 1. The second-order valence-corrected chi connectivity index (χ2v) is 7.60.